The molecule has 0 fully saturated rings. The van der Waals surface area contributed by atoms with Crippen molar-refractivity contribution in [2.45, 2.75) is 6.42 Å². The second kappa shape index (κ2) is 5.63. The molecular weight excluding hydrogens is 206 g/mol. The molecular formula is C11H11N3O2. The molecule has 0 amide bonds. The zero-order chi connectivity index (χ0) is 12.0. The number of nitriles is 1. The van der Waals surface area contributed by atoms with Crippen LogP contribution in [0.2, 0.25) is 0 Å². The zero-order valence-corrected chi connectivity index (χ0v) is 8.59. The Morgan fingerprint density at radius 3 is 2.81 bits per heavy atom. The van der Waals surface area contributed by atoms with Crippen LogP contribution in [0.5, 0.6) is 0 Å². The highest BCUT2D eigenvalue weighted by Gasteiger charge is 2.07. The van der Waals surface area contributed by atoms with Gasteiger partial charge in [0.1, 0.15) is 0 Å². The normalized spacial score (nSPS) is 10.2. The maximum Gasteiger partial charge on any atom is 0.271 e. The van der Waals surface area contributed by atoms with Crippen molar-refractivity contribution in [1.82, 2.24) is 0 Å². The van der Waals surface area contributed by atoms with Gasteiger partial charge in [0, 0.05) is 12.1 Å². The second-order valence-electron chi connectivity index (χ2n) is 3.16. The highest BCUT2D eigenvalue weighted by Crippen LogP contribution is 2.17. The molecule has 0 radical (unpaired) electrons. The van der Waals surface area contributed by atoms with Crippen LogP contribution in [0, 0.1) is 21.4 Å². The van der Waals surface area contributed by atoms with Crippen LogP contribution in [-0.2, 0) is 0 Å². The predicted octanol–water partition coefficient (Wildman–Crippen LogP) is 1.83. The topological polar surface area (TPSA) is 93.0 Å². The van der Waals surface area contributed by atoms with Crippen molar-refractivity contribution in [3.05, 3.63) is 45.5 Å². The number of nitro benzene ring substituents is 1. The molecule has 0 aromatic heterocycles. The first-order valence-corrected chi connectivity index (χ1v) is 4.73. The Kier molecular flexibility index (Phi) is 4.18. The molecule has 5 heteroatoms. The summed E-state index contributed by atoms with van der Waals surface area (Å²) in [6.45, 7) is 0.524. The van der Waals surface area contributed by atoms with Crippen molar-refractivity contribution in [3.63, 3.8) is 0 Å². The summed E-state index contributed by atoms with van der Waals surface area (Å²) >= 11 is 0. The summed E-state index contributed by atoms with van der Waals surface area (Å²) in [4.78, 5) is 10.1. The van der Waals surface area contributed by atoms with Gasteiger partial charge in [-0.1, -0.05) is 12.2 Å². The first kappa shape index (κ1) is 11.9. The fourth-order valence-corrected chi connectivity index (χ4v) is 1.22. The van der Waals surface area contributed by atoms with E-state index in [2.05, 4.69) is 0 Å². The minimum absolute atomic E-state index is 0.0774. The average molecular weight is 217 g/mol. The maximum absolute atomic E-state index is 10.6. The van der Waals surface area contributed by atoms with Crippen molar-refractivity contribution in [1.29, 1.82) is 5.26 Å². The van der Waals surface area contributed by atoms with Gasteiger partial charge in [-0.15, -0.1) is 0 Å². The fourth-order valence-electron chi connectivity index (χ4n) is 1.22. The minimum Gasteiger partial charge on any atom is -0.330 e. The number of rotatable bonds is 4. The van der Waals surface area contributed by atoms with E-state index in [1.54, 1.807) is 12.1 Å². The number of nitrogens with zero attached hydrogens (tertiary/aromatic N) is 2. The molecule has 0 bridgehead atoms. The molecule has 1 rings (SSSR count). The SMILES string of the molecule is N#Cc1cc(C=CCCN)cc([N+](=O)[O-])c1. The Morgan fingerprint density at radius 1 is 1.50 bits per heavy atom. The van der Waals surface area contributed by atoms with E-state index in [-0.39, 0.29) is 11.3 Å². The summed E-state index contributed by atoms with van der Waals surface area (Å²) in [6, 6.07) is 6.16. The summed E-state index contributed by atoms with van der Waals surface area (Å²) in [5.41, 5.74) is 6.16. The Balaban J connectivity index is 3.05. The molecule has 0 aliphatic heterocycles. The molecule has 0 aliphatic rings. The van der Waals surface area contributed by atoms with E-state index in [9.17, 15) is 10.1 Å². The van der Waals surface area contributed by atoms with Crippen molar-refractivity contribution in [2.75, 3.05) is 6.54 Å². The fraction of sp³-hybridized carbons (Fsp3) is 0.182. The van der Waals surface area contributed by atoms with Crippen LogP contribution in [0.25, 0.3) is 6.08 Å². The molecule has 0 heterocycles. The summed E-state index contributed by atoms with van der Waals surface area (Å²) in [6.07, 6.45) is 4.24. The van der Waals surface area contributed by atoms with E-state index in [0.29, 0.717) is 18.5 Å². The van der Waals surface area contributed by atoms with Crippen molar-refractivity contribution < 1.29 is 4.92 Å². The number of hydrogen-bond donors (Lipinski definition) is 1. The third-order valence-corrected chi connectivity index (χ3v) is 1.92. The number of benzene rings is 1. The Labute approximate surface area is 93.0 Å². The standard InChI is InChI=1S/C11H11N3O2/c12-4-2-1-3-9-5-10(8-13)7-11(6-9)14(15)16/h1,3,5-7H,2,4,12H2. The highest BCUT2D eigenvalue weighted by molar-refractivity contribution is 5.57. The zero-order valence-electron chi connectivity index (χ0n) is 8.59. The van der Waals surface area contributed by atoms with Gasteiger partial charge in [0.2, 0.25) is 0 Å². The smallest absolute Gasteiger partial charge is 0.271 e. The third kappa shape index (κ3) is 3.19. The molecule has 0 unspecified atom stereocenters. The average Bonchev–Trinajstić information content (AvgIpc) is 2.29. The molecule has 0 saturated carbocycles. The lowest BCUT2D eigenvalue weighted by Gasteiger charge is -1.96. The van der Waals surface area contributed by atoms with Crippen LogP contribution in [0.1, 0.15) is 17.5 Å². The van der Waals surface area contributed by atoms with Crippen LogP contribution in [-0.4, -0.2) is 11.5 Å². The summed E-state index contributed by atoms with van der Waals surface area (Å²) in [5, 5.41) is 19.3. The summed E-state index contributed by atoms with van der Waals surface area (Å²) in [5.74, 6) is 0. The van der Waals surface area contributed by atoms with E-state index in [1.807, 2.05) is 12.1 Å². The molecule has 82 valence electrons. The molecule has 2 N–H and O–H groups in total. The predicted molar refractivity (Wildman–Crippen MR) is 60.5 cm³/mol. The molecule has 0 spiro atoms. The number of non-ortho nitro benzene ring substituents is 1. The quantitative estimate of drug-likeness (QED) is 0.615. The monoisotopic (exact) mass is 217 g/mol. The highest BCUT2D eigenvalue weighted by atomic mass is 16.6. The number of nitro groups is 1. The van der Waals surface area contributed by atoms with Crippen LogP contribution >= 0.6 is 0 Å². The molecule has 1 aromatic rings. The van der Waals surface area contributed by atoms with Gasteiger partial charge in [-0.25, -0.2) is 0 Å². The van der Waals surface area contributed by atoms with Crippen LogP contribution in [0.15, 0.2) is 24.3 Å². The molecule has 0 atom stereocenters. The van der Waals surface area contributed by atoms with Gasteiger partial charge in [0.25, 0.3) is 5.69 Å². The second-order valence-corrected chi connectivity index (χ2v) is 3.16. The lowest BCUT2D eigenvalue weighted by Crippen LogP contribution is -1.95. The largest absolute Gasteiger partial charge is 0.330 e. The number of nitrogens with two attached hydrogens (primary N) is 1. The first-order chi connectivity index (χ1) is 7.67. The van der Waals surface area contributed by atoms with Gasteiger partial charge >= 0.3 is 0 Å². The molecule has 0 aliphatic carbocycles. The van der Waals surface area contributed by atoms with Gasteiger partial charge in [0.15, 0.2) is 0 Å². The first-order valence-electron chi connectivity index (χ1n) is 4.73. The van der Waals surface area contributed by atoms with Crippen LogP contribution in [0.4, 0.5) is 5.69 Å². The van der Waals surface area contributed by atoms with Gasteiger partial charge in [-0.3, -0.25) is 10.1 Å². The van der Waals surface area contributed by atoms with Gasteiger partial charge in [0.05, 0.1) is 16.6 Å². The number of hydrogen-bond acceptors (Lipinski definition) is 4. The van der Waals surface area contributed by atoms with Crippen LogP contribution in [0.3, 0.4) is 0 Å². The Morgan fingerprint density at radius 2 is 2.25 bits per heavy atom. The summed E-state index contributed by atoms with van der Waals surface area (Å²) in [7, 11) is 0. The Bertz CT molecular complexity index is 461. The summed E-state index contributed by atoms with van der Waals surface area (Å²) < 4.78 is 0. The van der Waals surface area contributed by atoms with E-state index < -0.39 is 4.92 Å². The van der Waals surface area contributed by atoms with Crippen molar-refractivity contribution in [3.8, 4) is 6.07 Å². The van der Waals surface area contributed by atoms with Crippen LogP contribution < -0.4 is 5.73 Å². The van der Waals surface area contributed by atoms with Crippen molar-refractivity contribution >= 4 is 11.8 Å². The van der Waals surface area contributed by atoms with E-state index in [1.165, 1.54) is 12.1 Å². The molecule has 16 heavy (non-hydrogen) atoms. The van der Waals surface area contributed by atoms with E-state index in [0.717, 1.165) is 0 Å². The van der Waals surface area contributed by atoms with E-state index in [4.69, 9.17) is 11.0 Å². The molecule has 1 aromatic carbocycles. The maximum atomic E-state index is 10.6. The lowest BCUT2D eigenvalue weighted by molar-refractivity contribution is -0.384. The minimum atomic E-state index is -0.513. The molecule has 0 saturated heterocycles. The van der Waals surface area contributed by atoms with Gasteiger partial charge in [-0.2, -0.15) is 5.26 Å². The third-order valence-electron chi connectivity index (χ3n) is 1.92. The Hall–Kier alpha value is -2.19. The van der Waals surface area contributed by atoms with Gasteiger partial charge in [-0.05, 0) is 24.6 Å². The molecule has 5 nitrogen and oxygen atoms in total. The van der Waals surface area contributed by atoms with Gasteiger partial charge < -0.3 is 5.73 Å². The van der Waals surface area contributed by atoms with E-state index >= 15 is 0 Å². The van der Waals surface area contributed by atoms with Crippen molar-refractivity contribution in [2.24, 2.45) is 5.73 Å². The lowest BCUT2D eigenvalue weighted by atomic mass is 10.1.